The van der Waals surface area contributed by atoms with E-state index in [4.69, 9.17) is 0 Å². The van der Waals surface area contributed by atoms with Crippen molar-refractivity contribution in [1.82, 2.24) is 9.97 Å². The van der Waals surface area contributed by atoms with Gasteiger partial charge >= 0.3 is 0 Å². The maximum Gasteiger partial charge on any atom is 0.0943 e. The second-order valence-corrected chi connectivity index (χ2v) is 6.96. The third-order valence-corrected chi connectivity index (χ3v) is 5.27. The first-order valence-electron chi connectivity index (χ1n) is 9.27. The highest BCUT2D eigenvalue weighted by molar-refractivity contribution is 5.97. The van der Waals surface area contributed by atoms with Crippen molar-refractivity contribution in [3.63, 3.8) is 0 Å². The summed E-state index contributed by atoms with van der Waals surface area (Å²) in [7, 11) is 0. The molecule has 0 unspecified atom stereocenters. The number of rotatable bonds is 0. The van der Waals surface area contributed by atoms with Gasteiger partial charge in [0.2, 0.25) is 0 Å². The van der Waals surface area contributed by atoms with Crippen LogP contribution >= 0.6 is 0 Å². The monoisotopic (exact) mass is 360 g/mol. The number of hydrogen-bond donors (Lipinski definition) is 2. The van der Waals surface area contributed by atoms with Crippen LogP contribution in [0.25, 0.3) is 11.4 Å². The van der Waals surface area contributed by atoms with Gasteiger partial charge in [0.05, 0.1) is 32.8 Å². The lowest BCUT2D eigenvalue weighted by Gasteiger charge is -1.96. The van der Waals surface area contributed by atoms with Crippen LogP contribution in [0.4, 0.5) is 0 Å². The van der Waals surface area contributed by atoms with E-state index in [0.717, 1.165) is 55.0 Å². The van der Waals surface area contributed by atoms with Crippen LogP contribution in [0, 0.1) is 10.7 Å². The van der Waals surface area contributed by atoms with Crippen LogP contribution in [0.5, 0.6) is 0 Å². The van der Waals surface area contributed by atoms with Gasteiger partial charge in [-0.05, 0) is 24.3 Å². The molecule has 2 aliphatic heterocycles. The molecular formula is C24H16N4. The fourth-order valence-corrected chi connectivity index (χ4v) is 3.87. The average Bonchev–Trinajstić information content (AvgIpc) is 3.51. The van der Waals surface area contributed by atoms with Gasteiger partial charge in [0, 0.05) is 34.7 Å². The third kappa shape index (κ3) is 2.25. The van der Waals surface area contributed by atoms with Crippen molar-refractivity contribution in [3.8, 4) is 0 Å². The lowest BCUT2D eigenvalue weighted by atomic mass is 10.1. The zero-order valence-corrected chi connectivity index (χ0v) is 15.0. The molecule has 28 heavy (non-hydrogen) atoms. The van der Waals surface area contributed by atoms with Crippen molar-refractivity contribution in [2.24, 2.45) is 9.98 Å². The largest absolute Gasteiger partial charge is 0.352 e. The summed E-state index contributed by atoms with van der Waals surface area (Å²) < 4.78 is 0. The number of aromatic nitrogens is 2. The van der Waals surface area contributed by atoms with Gasteiger partial charge in [0.15, 0.2) is 0 Å². The van der Waals surface area contributed by atoms with Crippen LogP contribution in [0.2, 0.25) is 0 Å². The first-order valence-corrected chi connectivity index (χ1v) is 9.27. The first-order chi connectivity index (χ1) is 13.9. The summed E-state index contributed by atoms with van der Waals surface area (Å²) in [6.45, 7) is 0. The maximum atomic E-state index is 4.60. The smallest absolute Gasteiger partial charge is 0.0943 e. The molecule has 0 bridgehead atoms. The zero-order valence-electron chi connectivity index (χ0n) is 15.0. The summed E-state index contributed by atoms with van der Waals surface area (Å²) in [6, 6.07) is 24.9. The predicted molar refractivity (Wildman–Crippen MR) is 112 cm³/mol. The van der Waals surface area contributed by atoms with Crippen LogP contribution in [-0.4, -0.2) is 22.4 Å². The molecule has 0 radical (unpaired) electrons. The normalized spacial score (nSPS) is 19.1. The minimum Gasteiger partial charge on any atom is -0.352 e. The number of H-pyrrole nitrogens is 2. The zero-order chi connectivity index (χ0) is 18.5. The van der Waals surface area contributed by atoms with Gasteiger partial charge < -0.3 is 9.97 Å². The highest BCUT2D eigenvalue weighted by Gasteiger charge is 2.13. The highest BCUT2D eigenvalue weighted by atomic mass is 14.8. The molecule has 0 spiro atoms. The summed E-state index contributed by atoms with van der Waals surface area (Å²) >= 11 is 0. The Hall–Kier alpha value is -3.92. The number of aromatic amines is 2. The minimum absolute atomic E-state index is 0.984. The van der Waals surface area contributed by atoms with Gasteiger partial charge in [-0.3, -0.25) is 9.98 Å². The van der Waals surface area contributed by atoms with Crippen LogP contribution in [0.15, 0.2) is 82.8 Å². The van der Waals surface area contributed by atoms with Crippen molar-refractivity contribution in [2.45, 2.75) is 0 Å². The molecule has 0 amide bonds. The van der Waals surface area contributed by atoms with Gasteiger partial charge in [-0.1, -0.05) is 48.5 Å². The topological polar surface area (TPSA) is 56.3 Å². The summed E-state index contributed by atoms with van der Waals surface area (Å²) in [5.41, 5.74) is 6.61. The second-order valence-electron chi connectivity index (χ2n) is 6.96. The van der Waals surface area contributed by atoms with Gasteiger partial charge in [0.25, 0.3) is 0 Å². The SMILES string of the molecule is C1=NC(=c2ccc(=c3ccc(=C4N=Cc5ccccc54)[nH]3)[nH]2)c2ccccc21. The van der Waals surface area contributed by atoms with E-state index in [-0.39, 0.29) is 0 Å². The molecule has 6 rings (SSSR count). The third-order valence-electron chi connectivity index (χ3n) is 5.27. The Balaban J connectivity index is 1.55. The van der Waals surface area contributed by atoms with Crippen molar-refractivity contribution in [1.29, 1.82) is 0 Å². The van der Waals surface area contributed by atoms with Crippen molar-refractivity contribution >= 4 is 23.8 Å². The molecule has 2 aliphatic rings. The number of nitrogens with zero attached hydrogens (tertiary/aromatic N) is 2. The summed E-state index contributed by atoms with van der Waals surface area (Å²) in [4.78, 5) is 16.2. The Morgan fingerprint density at radius 2 is 0.893 bits per heavy atom. The van der Waals surface area contributed by atoms with Crippen molar-refractivity contribution < 1.29 is 0 Å². The Kier molecular flexibility index (Phi) is 3.14. The van der Waals surface area contributed by atoms with E-state index in [9.17, 15) is 0 Å². The molecule has 4 heteroatoms. The lowest BCUT2D eigenvalue weighted by Crippen LogP contribution is -2.06. The number of fused-ring (bicyclic) bond motifs is 2. The Labute approximate surface area is 160 Å². The van der Waals surface area contributed by atoms with Gasteiger partial charge in [0.1, 0.15) is 0 Å². The predicted octanol–water partition coefficient (Wildman–Crippen LogP) is 2.81. The first kappa shape index (κ1) is 15.2. The number of benzene rings is 2. The van der Waals surface area contributed by atoms with E-state index in [1.165, 1.54) is 0 Å². The van der Waals surface area contributed by atoms with Crippen molar-refractivity contribution in [2.75, 3.05) is 0 Å². The standard InChI is InChI=1S/C24H16N4/c1-3-7-17-15(5-1)13-25-23(17)21-11-9-19(27-21)20-10-12-22(28-20)24-18-8-4-2-6-16(18)14-26-24/h1-14,27-28H. The summed E-state index contributed by atoms with van der Waals surface area (Å²) in [5.74, 6) is 0. The van der Waals surface area contributed by atoms with Gasteiger partial charge in [-0.2, -0.15) is 0 Å². The van der Waals surface area contributed by atoms with Crippen LogP contribution in [0.3, 0.4) is 0 Å². The molecule has 4 nitrogen and oxygen atoms in total. The second kappa shape index (κ2) is 5.79. The van der Waals surface area contributed by atoms with E-state index in [0.29, 0.717) is 0 Å². The molecule has 0 fully saturated rings. The lowest BCUT2D eigenvalue weighted by molar-refractivity contribution is 1.16. The molecule has 4 aromatic rings. The molecule has 0 saturated heterocycles. The summed E-state index contributed by atoms with van der Waals surface area (Å²) in [6.07, 6.45) is 3.84. The molecule has 2 aromatic heterocycles. The molecule has 132 valence electrons. The Morgan fingerprint density at radius 1 is 0.464 bits per heavy atom. The number of nitrogens with one attached hydrogen (secondary N) is 2. The van der Waals surface area contributed by atoms with E-state index in [2.05, 4.69) is 68.5 Å². The van der Waals surface area contributed by atoms with E-state index in [1.807, 2.05) is 36.7 Å². The molecule has 4 heterocycles. The molecule has 0 atom stereocenters. The van der Waals surface area contributed by atoms with E-state index in [1.54, 1.807) is 0 Å². The minimum atomic E-state index is 0.984. The van der Waals surface area contributed by atoms with E-state index < -0.39 is 0 Å². The fourth-order valence-electron chi connectivity index (χ4n) is 3.87. The number of aliphatic imine (C=N–C) groups is 2. The molecule has 0 saturated carbocycles. The summed E-state index contributed by atoms with van der Waals surface area (Å²) in [5, 5.41) is 4.10. The van der Waals surface area contributed by atoms with Gasteiger partial charge in [-0.25, -0.2) is 0 Å². The average molecular weight is 360 g/mol. The maximum absolute atomic E-state index is 4.60. The van der Waals surface area contributed by atoms with Crippen LogP contribution in [-0.2, 0) is 0 Å². The molecule has 2 N–H and O–H groups in total. The van der Waals surface area contributed by atoms with Crippen molar-refractivity contribution in [3.05, 3.63) is 116 Å². The molecular weight excluding hydrogens is 344 g/mol. The Bertz CT molecular complexity index is 1400. The molecule has 2 aromatic carbocycles. The quantitative estimate of drug-likeness (QED) is 0.485. The van der Waals surface area contributed by atoms with Gasteiger partial charge in [-0.15, -0.1) is 0 Å². The Morgan fingerprint density at radius 3 is 1.39 bits per heavy atom. The van der Waals surface area contributed by atoms with E-state index >= 15 is 0 Å². The number of hydrogen-bond acceptors (Lipinski definition) is 2. The van der Waals surface area contributed by atoms with Crippen LogP contribution in [0.1, 0.15) is 22.3 Å². The molecule has 0 aliphatic carbocycles. The van der Waals surface area contributed by atoms with Crippen LogP contribution < -0.4 is 10.7 Å². The fraction of sp³-hybridized carbons (Fsp3) is 0. The highest BCUT2D eigenvalue weighted by Crippen LogP contribution is 2.23.